The van der Waals surface area contributed by atoms with Crippen LogP contribution >= 0.6 is 23.2 Å². The molecule has 5 amide bonds. The number of rotatable bonds is 18. The quantitative estimate of drug-likeness (QED) is 0.0860. The van der Waals surface area contributed by atoms with Crippen molar-refractivity contribution >= 4 is 59.2 Å². The molecule has 1 unspecified atom stereocenters. The van der Waals surface area contributed by atoms with Crippen molar-refractivity contribution in [3.63, 3.8) is 0 Å². The van der Waals surface area contributed by atoms with Crippen molar-refractivity contribution in [1.82, 2.24) is 26.2 Å². The minimum absolute atomic E-state index is 0.0231. The Balaban J connectivity index is 5.17. The van der Waals surface area contributed by atoms with Crippen molar-refractivity contribution in [2.75, 3.05) is 44.5 Å². The van der Waals surface area contributed by atoms with Gasteiger partial charge in [-0.05, 0) is 12.8 Å². The first-order chi connectivity index (χ1) is 15.2. The molecule has 0 saturated carbocycles. The minimum atomic E-state index is -1.14. The highest BCUT2D eigenvalue weighted by molar-refractivity contribution is 6.27. The van der Waals surface area contributed by atoms with Crippen molar-refractivity contribution in [2.24, 2.45) is 0 Å². The number of carboxylic acids is 1. The second-order valence-corrected chi connectivity index (χ2v) is 7.06. The van der Waals surface area contributed by atoms with Gasteiger partial charge < -0.3 is 31.3 Å². The summed E-state index contributed by atoms with van der Waals surface area (Å²) in [5.74, 6) is -3.56. The Kier molecular flexibility index (Phi) is 16.6. The van der Waals surface area contributed by atoms with Gasteiger partial charge in [0, 0.05) is 45.6 Å². The number of nitrogens with one attached hydrogen (secondary N) is 4. The summed E-state index contributed by atoms with van der Waals surface area (Å²) in [5, 5.41) is 18.9. The number of nitrogens with zero attached hydrogens (tertiary/aromatic N) is 1. The fourth-order valence-corrected chi connectivity index (χ4v) is 2.70. The van der Waals surface area contributed by atoms with Crippen LogP contribution in [0.2, 0.25) is 0 Å². The van der Waals surface area contributed by atoms with E-state index in [0.29, 0.717) is 12.8 Å². The molecule has 5 N–H and O–H groups in total. The molecule has 0 saturated heterocycles. The monoisotopic (exact) mass is 497 g/mol. The van der Waals surface area contributed by atoms with E-state index in [0.717, 1.165) is 0 Å². The van der Waals surface area contributed by atoms with Gasteiger partial charge in [-0.25, -0.2) is 0 Å². The summed E-state index contributed by atoms with van der Waals surface area (Å²) < 4.78 is 0. The molecule has 1 atom stereocenters. The van der Waals surface area contributed by atoms with Crippen molar-refractivity contribution in [3.8, 4) is 0 Å². The molecule has 32 heavy (non-hydrogen) atoms. The smallest absolute Gasteiger partial charge is 0.303 e. The molecule has 0 aliphatic rings. The highest BCUT2D eigenvalue weighted by atomic mass is 35.5. The van der Waals surface area contributed by atoms with Gasteiger partial charge >= 0.3 is 5.97 Å². The van der Waals surface area contributed by atoms with Crippen LogP contribution in [0.25, 0.3) is 0 Å². The Morgan fingerprint density at radius 1 is 0.875 bits per heavy atom. The average Bonchev–Trinajstić information content (AvgIpc) is 2.77. The molecule has 0 aliphatic carbocycles. The van der Waals surface area contributed by atoms with E-state index in [1.807, 2.05) is 0 Å². The van der Waals surface area contributed by atoms with Gasteiger partial charge in [-0.1, -0.05) is 0 Å². The van der Waals surface area contributed by atoms with E-state index < -0.39 is 35.6 Å². The standard InChI is InChI=1S/C18H29Cl2N5O7/c19-10-15(28)22-6-8-25(9-7-23-16(29)11-20)18(32)13(3-4-17(30)31)24-14(27)2-1-5-21-12-26/h12-13H,1-11H2,(H,21,26)(H,22,28)(H,23,29)(H,24,27)(H,30,31). The topological polar surface area (TPSA) is 174 Å². The van der Waals surface area contributed by atoms with Crippen LogP contribution in [-0.4, -0.2) is 96.5 Å². The van der Waals surface area contributed by atoms with Crippen molar-refractivity contribution in [3.05, 3.63) is 0 Å². The molecule has 0 spiro atoms. The lowest BCUT2D eigenvalue weighted by Crippen LogP contribution is -2.52. The highest BCUT2D eigenvalue weighted by Gasteiger charge is 2.26. The maximum absolute atomic E-state index is 13.0. The number of amides is 5. The van der Waals surface area contributed by atoms with Crippen LogP contribution < -0.4 is 21.3 Å². The van der Waals surface area contributed by atoms with E-state index in [1.165, 1.54) is 4.90 Å². The molecule has 0 aromatic carbocycles. The van der Waals surface area contributed by atoms with Crippen LogP contribution in [0.4, 0.5) is 0 Å². The summed E-state index contributed by atoms with van der Waals surface area (Å²) in [6.07, 6.45) is 0.355. The number of carbonyl (C=O) groups is 6. The van der Waals surface area contributed by atoms with Gasteiger partial charge in [0.25, 0.3) is 0 Å². The molecule has 0 bridgehead atoms. The van der Waals surface area contributed by atoms with Crippen LogP contribution in [0, 0.1) is 0 Å². The summed E-state index contributed by atoms with van der Waals surface area (Å²) in [6.45, 7) is 0.495. The summed E-state index contributed by atoms with van der Waals surface area (Å²) in [4.78, 5) is 70.4. The van der Waals surface area contributed by atoms with Gasteiger partial charge in [-0.15, -0.1) is 23.2 Å². The van der Waals surface area contributed by atoms with Crippen molar-refractivity contribution in [1.29, 1.82) is 0 Å². The van der Waals surface area contributed by atoms with E-state index in [9.17, 15) is 28.8 Å². The number of halogens is 2. The van der Waals surface area contributed by atoms with Crippen molar-refractivity contribution in [2.45, 2.75) is 31.7 Å². The number of hydrogen-bond donors (Lipinski definition) is 5. The molecule has 12 nitrogen and oxygen atoms in total. The van der Waals surface area contributed by atoms with Crippen LogP contribution in [0.5, 0.6) is 0 Å². The Morgan fingerprint density at radius 2 is 1.44 bits per heavy atom. The molecular weight excluding hydrogens is 469 g/mol. The summed E-state index contributed by atoms with van der Waals surface area (Å²) in [6, 6.07) is -1.12. The molecule has 182 valence electrons. The van der Waals surface area contributed by atoms with E-state index in [4.69, 9.17) is 28.3 Å². The second-order valence-electron chi connectivity index (χ2n) is 6.52. The Morgan fingerprint density at radius 3 is 1.91 bits per heavy atom. The molecule has 0 heterocycles. The van der Waals surface area contributed by atoms with Gasteiger partial charge in [0.05, 0.1) is 0 Å². The fourth-order valence-electron chi connectivity index (χ4n) is 2.51. The van der Waals surface area contributed by atoms with Gasteiger partial charge in [0.2, 0.25) is 30.0 Å². The van der Waals surface area contributed by atoms with E-state index >= 15 is 0 Å². The van der Waals surface area contributed by atoms with Crippen LogP contribution in [-0.2, 0) is 28.8 Å². The zero-order valence-corrected chi connectivity index (χ0v) is 19.0. The van der Waals surface area contributed by atoms with Gasteiger partial charge in [0.15, 0.2) is 0 Å². The Labute approximate surface area is 195 Å². The molecular formula is C18H29Cl2N5O7. The van der Waals surface area contributed by atoms with Gasteiger partial charge in [0.1, 0.15) is 17.8 Å². The predicted octanol–water partition coefficient (Wildman–Crippen LogP) is -1.60. The third kappa shape index (κ3) is 14.4. The predicted molar refractivity (Wildman–Crippen MR) is 116 cm³/mol. The summed E-state index contributed by atoms with van der Waals surface area (Å²) >= 11 is 10.8. The molecule has 0 aliphatic heterocycles. The molecule has 0 aromatic rings. The number of hydrogen-bond acceptors (Lipinski definition) is 6. The SMILES string of the molecule is O=CNCCCC(=O)NC(CCC(=O)O)C(=O)N(CCNC(=O)CCl)CCNC(=O)CCl. The Bertz CT molecular complexity index is 629. The van der Waals surface area contributed by atoms with Crippen LogP contribution in [0.3, 0.4) is 0 Å². The first kappa shape index (κ1) is 29.4. The lowest BCUT2D eigenvalue weighted by atomic mass is 10.1. The van der Waals surface area contributed by atoms with E-state index in [-0.39, 0.29) is 63.7 Å². The summed E-state index contributed by atoms with van der Waals surface area (Å²) in [7, 11) is 0. The number of aliphatic carboxylic acids is 1. The highest BCUT2D eigenvalue weighted by Crippen LogP contribution is 2.05. The fraction of sp³-hybridized carbons (Fsp3) is 0.667. The van der Waals surface area contributed by atoms with Crippen LogP contribution in [0.1, 0.15) is 25.7 Å². The number of alkyl halides is 2. The lowest BCUT2D eigenvalue weighted by molar-refractivity contribution is -0.140. The zero-order valence-electron chi connectivity index (χ0n) is 17.5. The molecule has 0 radical (unpaired) electrons. The Hall–Kier alpha value is -2.60. The average molecular weight is 498 g/mol. The second kappa shape index (κ2) is 18.0. The molecule has 0 rings (SSSR count). The molecule has 14 heteroatoms. The van der Waals surface area contributed by atoms with Crippen LogP contribution in [0.15, 0.2) is 0 Å². The zero-order chi connectivity index (χ0) is 24.4. The lowest BCUT2D eigenvalue weighted by Gasteiger charge is -2.28. The molecule has 0 aromatic heterocycles. The number of carboxylic acid groups (broad SMARTS) is 1. The minimum Gasteiger partial charge on any atom is -0.481 e. The van der Waals surface area contributed by atoms with Crippen molar-refractivity contribution < 1.29 is 33.9 Å². The largest absolute Gasteiger partial charge is 0.481 e. The number of carbonyl (C=O) groups excluding carboxylic acids is 5. The van der Waals surface area contributed by atoms with Gasteiger partial charge in [-0.2, -0.15) is 0 Å². The van der Waals surface area contributed by atoms with E-state index in [1.54, 1.807) is 0 Å². The first-order valence-corrected chi connectivity index (χ1v) is 10.9. The normalized spacial score (nSPS) is 11.1. The van der Waals surface area contributed by atoms with E-state index in [2.05, 4.69) is 21.3 Å². The van der Waals surface area contributed by atoms with Gasteiger partial charge in [-0.3, -0.25) is 28.8 Å². The maximum Gasteiger partial charge on any atom is 0.303 e. The third-order valence-corrected chi connectivity index (χ3v) is 4.54. The summed E-state index contributed by atoms with van der Waals surface area (Å²) in [5.41, 5.74) is 0. The molecule has 0 fully saturated rings. The maximum atomic E-state index is 13.0. The third-order valence-electron chi connectivity index (χ3n) is 4.05. The first-order valence-electron chi connectivity index (χ1n) is 9.87.